The normalized spacial score (nSPS) is 11.4. The Morgan fingerprint density at radius 1 is 0.955 bits per heavy atom. The van der Waals surface area contributed by atoms with Gasteiger partial charge in [0, 0.05) is 16.6 Å². The number of nitriles is 1. The second kappa shape index (κ2) is 5.23. The van der Waals surface area contributed by atoms with Gasteiger partial charge in [-0.1, -0.05) is 36.4 Å². The fourth-order valence-corrected chi connectivity index (χ4v) is 2.67. The molecule has 0 unspecified atom stereocenters. The van der Waals surface area contributed by atoms with Crippen LogP contribution in [0.1, 0.15) is 26.3 Å². The molecule has 0 saturated carbocycles. The number of nitrogens with one attached hydrogen (secondary N) is 1. The predicted molar refractivity (Wildman–Crippen MR) is 91.4 cm³/mol. The molecule has 1 aromatic heterocycles. The van der Waals surface area contributed by atoms with Crippen LogP contribution in [0.25, 0.3) is 16.6 Å². The monoisotopic (exact) mass is 289 g/mol. The van der Waals surface area contributed by atoms with Gasteiger partial charge < -0.3 is 5.32 Å². The molecule has 110 valence electrons. The summed E-state index contributed by atoms with van der Waals surface area (Å²) < 4.78 is 2.12. The van der Waals surface area contributed by atoms with Crippen LogP contribution in [0.4, 0.5) is 5.82 Å². The molecule has 0 atom stereocenters. The molecule has 1 N–H and O–H groups in total. The molecule has 3 aromatic rings. The largest absolute Gasteiger partial charge is 0.365 e. The fraction of sp³-hybridized carbons (Fsp3) is 0.211. The molecule has 0 spiro atoms. The summed E-state index contributed by atoms with van der Waals surface area (Å²) >= 11 is 0. The van der Waals surface area contributed by atoms with E-state index >= 15 is 0 Å². The summed E-state index contributed by atoms with van der Waals surface area (Å²) in [6.45, 7) is 6.30. The highest BCUT2D eigenvalue weighted by Crippen LogP contribution is 2.34. The first kappa shape index (κ1) is 14.2. The Labute approximate surface area is 130 Å². The lowest BCUT2D eigenvalue weighted by Crippen LogP contribution is -2.28. The van der Waals surface area contributed by atoms with Crippen molar-refractivity contribution in [1.82, 2.24) is 4.57 Å². The lowest BCUT2D eigenvalue weighted by Gasteiger charge is -2.24. The Balaban J connectivity index is 2.38. The van der Waals surface area contributed by atoms with Crippen molar-refractivity contribution in [3.63, 3.8) is 0 Å². The maximum Gasteiger partial charge on any atom is 0.130 e. The Kier molecular flexibility index (Phi) is 3.38. The highest BCUT2D eigenvalue weighted by Gasteiger charge is 2.21. The number of rotatable bonds is 2. The lowest BCUT2D eigenvalue weighted by atomic mass is 10.1. The highest BCUT2D eigenvalue weighted by molar-refractivity contribution is 5.94. The minimum atomic E-state index is -0.132. The lowest BCUT2D eigenvalue weighted by molar-refractivity contribution is 0.628. The number of hydrogen-bond acceptors (Lipinski definition) is 2. The van der Waals surface area contributed by atoms with Gasteiger partial charge in [0.2, 0.25) is 0 Å². The summed E-state index contributed by atoms with van der Waals surface area (Å²) in [7, 11) is 0. The summed E-state index contributed by atoms with van der Waals surface area (Å²) in [6, 6.07) is 20.5. The third kappa shape index (κ3) is 2.44. The minimum absolute atomic E-state index is 0.132. The van der Waals surface area contributed by atoms with Crippen LogP contribution in [0, 0.1) is 11.3 Å². The zero-order chi connectivity index (χ0) is 15.7. The molecule has 0 saturated heterocycles. The number of anilines is 1. The molecule has 2 aromatic carbocycles. The number of hydrogen-bond donors (Lipinski definition) is 1. The van der Waals surface area contributed by atoms with Gasteiger partial charge in [-0.3, -0.25) is 4.57 Å². The quantitative estimate of drug-likeness (QED) is 0.742. The second-order valence-electron chi connectivity index (χ2n) is 6.40. The van der Waals surface area contributed by atoms with E-state index in [2.05, 4.69) is 54.9 Å². The molecule has 0 amide bonds. The number of para-hydroxylation sites is 2. The van der Waals surface area contributed by atoms with E-state index in [0.29, 0.717) is 5.56 Å². The number of fused-ring (bicyclic) bond motifs is 1. The van der Waals surface area contributed by atoms with Gasteiger partial charge in [0.1, 0.15) is 17.5 Å². The maximum atomic E-state index is 9.67. The van der Waals surface area contributed by atoms with E-state index in [1.165, 1.54) is 0 Å². The van der Waals surface area contributed by atoms with E-state index < -0.39 is 0 Å². The number of aromatic nitrogens is 1. The molecule has 1 heterocycles. The van der Waals surface area contributed by atoms with Gasteiger partial charge >= 0.3 is 0 Å². The summed E-state index contributed by atoms with van der Waals surface area (Å²) in [5, 5.41) is 14.1. The molecule has 3 nitrogen and oxygen atoms in total. The van der Waals surface area contributed by atoms with Crippen molar-refractivity contribution >= 4 is 16.7 Å². The van der Waals surface area contributed by atoms with Crippen molar-refractivity contribution in [2.75, 3.05) is 5.32 Å². The van der Waals surface area contributed by atoms with Crippen LogP contribution < -0.4 is 5.32 Å². The van der Waals surface area contributed by atoms with Gasteiger partial charge in [-0.25, -0.2) is 0 Å². The molecule has 3 heteroatoms. The van der Waals surface area contributed by atoms with Gasteiger partial charge in [-0.15, -0.1) is 0 Å². The van der Waals surface area contributed by atoms with E-state index in [0.717, 1.165) is 22.4 Å². The molecule has 0 radical (unpaired) electrons. The first-order chi connectivity index (χ1) is 10.5. The third-order valence-corrected chi connectivity index (χ3v) is 3.49. The zero-order valence-electron chi connectivity index (χ0n) is 13.1. The topological polar surface area (TPSA) is 40.8 Å². The molecule has 0 aliphatic carbocycles. The van der Waals surface area contributed by atoms with Crippen molar-refractivity contribution in [2.45, 2.75) is 26.3 Å². The highest BCUT2D eigenvalue weighted by atomic mass is 15.1. The average molecular weight is 289 g/mol. The zero-order valence-corrected chi connectivity index (χ0v) is 13.1. The van der Waals surface area contributed by atoms with Crippen molar-refractivity contribution < 1.29 is 0 Å². The Morgan fingerprint density at radius 2 is 1.59 bits per heavy atom. The van der Waals surface area contributed by atoms with Crippen molar-refractivity contribution in [1.29, 1.82) is 5.26 Å². The van der Waals surface area contributed by atoms with Crippen LogP contribution in [-0.4, -0.2) is 10.1 Å². The summed E-state index contributed by atoms with van der Waals surface area (Å²) in [5.74, 6) is 0.849. The maximum absolute atomic E-state index is 9.67. The van der Waals surface area contributed by atoms with Gasteiger partial charge in [-0.2, -0.15) is 5.26 Å². The summed E-state index contributed by atoms with van der Waals surface area (Å²) in [4.78, 5) is 0. The van der Waals surface area contributed by atoms with Crippen LogP contribution >= 0.6 is 0 Å². The van der Waals surface area contributed by atoms with Gasteiger partial charge in [-0.05, 0) is 39.0 Å². The Morgan fingerprint density at radius 3 is 2.23 bits per heavy atom. The second-order valence-corrected chi connectivity index (χ2v) is 6.40. The third-order valence-electron chi connectivity index (χ3n) is 3.49. The van der Waals surface area contributed by atoms with Crippen LogP contribution in [-0.2, 0) is 0 Å². The van der Waals surface area contributed by atoms with Gasteiger partial charge in [0.25, 0.3) is 0 Å². The van der Waals surface area contributed by atoms with Crippen LogP contribution in [0.3, 0.4) is 0 Å². The van der Waals surface area contributed by atoms with Crippen molar-refractivity contribution in [3.8, 4) is 11.8 Å². The molecule has 0 aliphatic heterocycles. The minimum Gasteiger partial charge on any atom is -0.365 e. The van der Waals surface area contributed by atoms with E-state index in [4.69, 9.17) is 0 Å². The van der Waals surface area contributed by atoms with E-state index in [9.17, 15) is 5.26 Å². The SMILES string of the molecule is CC(C)(C)Nc1c(C#N)c2ccccc2n1-c1ccccc1. The standard InChI is InChI=1S/C19H19N3/c1-19(2,3)21-18-16(13-20)15-11-7-8-12-17(15)22(18)14-9-5-4-6-10-14/h4-12,21H,1-3H3. The molecule has 22 heavy (non-hydrogen) atoms. The fourth-order valence-electron chi connectivity index (χ4n) is 2.67. The molecule has 0 fully saturated rings. The van der Waals surface area contributed by atoms with Crippen LogP contribution in [0.2, 0.25) is 0 Å². The first-order valence-electron chi connectivity index (χ1n) is 7.38. The molecular formula is C19H19N3. The molecule has 3 rings (SSSR count). The van der Waals surface area contributed by atoms with Gasteiger partial charge in [0.05, 0.1) is 5.52 Å². The number of benzene rings is 2. The average Bonchev–Trinajstić information content (AvgIpc) is 2.79. The molecule has 0 aliphatic rings. The Bertz CT molecular complexity index is 846. The first-order valence-corrected chi connectivity index (χ1v) is 7.38. The number of nitrogens with zero attached hydrogens (tertiary/aromatic N) is 2. The summed E-state index contributed by atoms with van der Waals surface area (Å²) in [6.07, 6.45) is 0. The Hall–Kier alpha value is -2.73. The van der Waals surface area contributed by atoms with E-state index in [-0.39, 0.29) is 5.54 Å². The summed E-state index contributed by atoms with van der Waals surface area (Å²) in [5.41, 5.74) is 2.64. The van der Waals surface area contributed by atoms with Crippen LogP contribution in [0.15, 0.2) is 54.6 Å². The van der Waals surface area contributed by atoms with Crippen LogP contribution in [0.5, 0.6) is 0 Å². The predicted octanol–water partition coefficient (Wildman–Crippen LogP) is 4.71. The van der Waals surface area contributed by atoms with Crippen molar-refractivity contribution in [3.05, 3.63) is 60.2 Å². The van der Waals surface area contributed by atoms with E-state index in [1.807, 2.05) is 36.4 Å². The van der Waals surface area contributed by atoms with Crippen molar-refractivity contribution in [2.24, 2.45) is 0 Å². The smallest absolute Gasteiger partial charge is 0.130 e. The van der Waals surface area contributed by atoms with E-state index in [1.54, 1.807) is 0 Å². The van der Waals surface area contributed by atoms with Gasteiger partial charge in [0.15, 0.2) is 0 Å². The molecular weight excluding hydrogens is 270 g/mol. The molecule has 0 bridgehead atoms.